The maximum atomic E-state index is 9.11. The summed E-state index contributed by atoms with van der Waals surface area (Å²) in [5, 5.41) is 11.1. The van der Waals surface area contributed by atoms with Crippen molar-refractivity contribution < 1.29 is 9.94 Å². The van der Waals surface area contributed by atoms with Crippen molar-refractivity contribution in [1.29, 1.82) is 0 Å². The van der Waals surface area contributed by atoms with Crippen LogP contribution in [0.1, 0.15) is 28.3 Å². The SMILES string of the molecule is C=C(NO)c1ccc(Cn2c3c(c4cc(OC)ccc42)C2CN(C3)C(=S)N(C)C2=C)cc1. The Labute approximate surface area is 193 Å². The van der Waals surface area contributed by atoms with E-state index in [1.165, 1.54) is 27.7 Å². The number of hydroxylamine groups is 1. The Morgan fingerprint density at radius 2 is 2.00 bits per heavy atom. The van der Waals surface area contributed by atoms with Gasteiger partial charge in [0.25, 0.3) is 0 Å². The first-order chi connectivity index (χ1) is 15.4. The molecule has 0 saturated carbocycles. The third-order valence-corrected chi connectivity index (χ3v) is 7.21. The molecule has 0 spiro atoms. The van der Waals surface area contributed by atoms with E-state index in [4.69, 9.17) is 22.2 Å². The molecule has 6 nitrogen and oxygen atoms in total. The normalized spacial score (nSPS) is 17.5. The molecule has 5 rings (SSSR count). The van der Waals surface area contributed by atoms with Gasteiger partial charge in [-0.3, -0.25) is 10.7 Å². The summed E-state index contributed by atoms with van der Waals surface area (Å²) in [4.78, 5) is 4.31. The molecule has 1 atom stereocenters. The number of likely N-dealkylation sites (N-methyl/N-ethyl adjacent to an activating group) is 1. The van der Waals surface area contributed by atoms with Gasteiger partial charge in [-0.25, -0.2) is 0 Å². The maximum absolute atomic E-state index is 9.11. The monoisotopic (exact) mass is 446 g/mol. The summed E-state index contributed by atoms with van der Waals surface area (Å²) in [5.41, 5.74) is 9.42. The fourth-order valence-corrected chi connectivity index (χ4v) is 5.14. The van der Waals surface area contributed by atoms with Gasteiger partial charge < -0.3 is 19.1 Å². The molecule has 164 valence electrons. The lowest BCUT2D eigenvalue weighted by atomic mass is 9.87. The van der Waals surface area contributed by atoms with Crippen LogP contribution in [0.4, 0.5) is 0 Å². The molecule has 0 amide bonds. The summed E-state index contributed by atoms with van der Waals surface area (Å²) in [7, 11) is 3.71. The van der Waals surface area contributed by atoms with Crippen LogP contribution in [-0.4, -0.2) is 45.4 Å². The summed E-state index contributed by atoms with van der Waals surface area (Å²) in [6.07, 6.45) is 0. The second kappa shape index (κ2) is 7.69. The van der Waals surface area contributed by atoms with Crippen LogP contribution in [0.15, 0.2) is 61.3 Å². The summed E-state index contributed by atoms with van der Waals surface area (Å²) < 4.78 is 7.94. The van der Waals surface area contributed by atoms with Crippen molar-refractivity contribution >= 4 is 33.9 Å². The van der Waals surface area contributed by atoms with Crippen molar-refractivity contribution in [3.63, 3.8) is 0 Å². The first kappa shape index (κ1) is 20.6. The van der Waals surface area contributed by atoms with E-state index in [1.807, 2.05) is 30.1 Å². The van der Waals surface area contributed by atoms with E-state index in [2.05, 4.69) is 52.4 Å². The molecule has 3 aromatic rings. The molecule has 0 radical (unpaired) electrons. The highest BCUT2D eigenvalue weighted by molar-refractivity contribution is 7.80. The number of nitrogens with zero attached hydrogens (tertiary/aromatic N) is 3. The van der Waals surface area contributed by atoms with Gasteiger partial charge >= 0.3 is 0 Å². The zero-order valence-corrected chi connectivity index (χ0v) is 19.1. The van der Waals surface area contributed by atoms with Crippen LogP contribution >= 0.6 is 12.2 Å². The van der Waals surface area contributed by atoms with Crippen LogP contribution < -0.4 is 10.2 Å². The van der Waals surface area contributed by atoms with Crippen LogP contribution in [0.5, 0.6) is 5.75 Å². The van der Waals surface area contributed by atoms with E-state index in [0.717, 1.165) is 41.8 Å². The van der Waals surface area contributed by atoms with E-state index in [9.17, 15) is 0 Å². The van der Waals surface area contributed by atoms with Gasteiger partial charge in [0, 0.05) is 48.3 Å². The molecule has 1 saturated heterocycles. The number of fused-ring (bicyclic) bond motifs is 6. The van der Waals surface area contributed by atoms with Gasteiger partial charge in [0.05, 0.1) is 19.4 Å². The largest absolute Gasteiger partial charge is 0.497 e. The minimum absolute atomic E-state index is 0.188. The molecule has 0 aliphatic carbocycles. The van der Waals surface area contributed by atoms with Gasteiger partial charge in [0.2, 0.25) is 0 Å². The molecule has 2 bridgehead atoms. The quantitative estimate of drug-likeness (QED) is 0.451. The topological polar surface area (TPSA) is 52.9 Å². The summed E-state index contributed by atoms with van der Waals surface area (Å²) >= 11 is 5.71. The van der Waals surface area contributed by atoms with Crippen molar-refractivity contribution in [2.75, 3.05) is 20.7 Å². The third-order valence-electron chi connectivity index (χ3n) is 6.68. The van der Waals surface area contributed by atoms with Gasteiger partial charge in [-0.1, -0.05) is 37.4 Å². The molecular formula is C25H26N4O2S. The van der Waals surface area contributed by atoms with Gasteiger partial charge in [-0.15, -0.1) is 0 Å². The fourth-order valence-electron chi connectivity index (χ4n) is 4.88. The third kappa shape index (κ3) is 3.08. The number of thiocarbonyl (C=S) groups is 1. The van der Waals surface area contributed by atoms with Crippen LogP contribution in [0.3, 0.4) is 0 Å². The summed E-state index contributed by atoms with van der Waals surface area (Å²) in [6, 6.07) is 14.4. The molecule has 1 unspecified atom stereocenters. The first-order valence-electron chi connectivity index (χ1n) is 10.5. The molecule has 3 heterocycles. The van der Waals surface area contributed by atoms with Gasteiger partial charge in [-0.2, -0.15) is 0 Å². The van der Waals surface area contributed by atoms with Gasteiger partial charge in [0.15, 0.2) is 5.11 Å². The molecule has 1 fully saturated rings. The van der Waals surface area contributed by atoms with E-state index in [-0.39, 0.29) is 5.92 Å². The highest BCUT2D eigenvalue weighted by atomic mass is 32.1. The zero-order valence-electron chi connectivity index (χ0n) is 18.3. The number of rotatable bonds is 5. The smallest absolute Gasteiger partial charge is 0.175 e. The van der Waals surface area contributed by atoms with Gasteiger partial charge in [-0.05, 0) is 47.1 Å². The number of nitrogens with one attached hydrogen (secondary N) is 1. The van der Waals surface area contributed by atoms with Crippen molar-refractivity contribution in [3.8, 4) is 5.75 Å². The Morgan fingerprint density at radius 1 is 1.25 bits per heavy atom. The van der Waals surface area contributed by atoms with Crippen molar-refractivity contribution in [1.82, 2.24) is 19.8 Å². The van der Waals surface area contributed by atoms with E-state index < -0.39 is 0 Å². The molecule has 1 aromatic heterocycles. The lowest BCUT2D eigenvalue weighted by Gasteiger charge is -2.46. The van der Waals surface area contributed by atoms with E-state index in [1.54, 1.807) is 7.11 Å². The number of methoxy groups -OCH3 is 1. The number of hydrogen-bond acceptors (Lipinski definition) is 4. The molecular weight excluding hydrogens is 420 g/mol. The average molecular weight is 447 g/mol. The van der Waals surface area contributed by atoms with Crippen LogP contribution in [0.2, 0.25) is 0 Å². The molecule has 2 aliphatic heterocycles. The Balaban J connectivity index is 1.65. The molecule has 32 heavy (non-hydrogen) atoms. The Kier molecular flexibility index (Phi) is 4.95. The second-order valence-corrected chi connectivity index (χ2v) is 8.75. The number of hydrogen-bond donors (Lipinski definition) is 2. The molecule has 2 aromatic carbocycles. The van der Waals surface area contributed by atoms with Crippen molar-refractivity contribution in [2.45, 2.75) is 19.0 Å². The van der Waals surface area contributed by atoms with Crippen LogP contribution in [-0.2, 0) is 13.1 Å². The molecule has 2 N–H and O–H groups in total. The second-order valence-electron chi connectivity index (χ2n) is 8.38. The zero-order chi connectivity index (χ0) is 22.6. The summed E-state index contributed by atoms with van der Waals surface area (Å²) in [6.45, 7) is 10.5. The lowest BCUT2D eigenvalue weighted by Crippen LogP contribution is -2.51. The van der Waals surface area contributed by atoms with E-state index in [0.29, 0.717) is 5.70 Å². The van der Waals surface area contributed by atoms with Crippen molar-refractivity contribution in [3.05, 3.63) is 83.7 Å². The number of benzene rings is 2. The summed E-state index contributed by atoms with van der Waals surface area (Å²) in [5.74, 6) is 1.04. The molecule has 2 aliphatic rings. The average Bonchev–Trinajstić information content (AvgIpc) is 3.13. The van der Waals surface area contributed by atoms with Crippen LogP contribution in [0, 0.1) is 0 Å². The fraction of sp³-hybridized carbons (Fsp3) is 0.240. The highest BCUT2D eigenvalue weighted by Crippen LogP contribution is 2.44. The number of ether oxygens (including phenoxy) is 1. The van der Waals surface area contributed by atoms with E-state index >= 15 is 0 Å². The highest BCUT2D eigenvalue weighted by Gasteiger charge is 2.39. The van der Waals surface area contributed by atoms with Gasteiger partial charge in [0.1, 0.15) is 5.75 Å². The Bertz CT molecular complexity index is 1260. The number of aromatic nitrogens is 1. The minimum atomic E-state index is 0.188. The predicted octanol–water partition coefficient (Wildman–Crippen LogP) is 4.29. The first-order valence-corrected chi connectivity index (χ1v) is 10.9. The minimum Gasteiger partial charge on any atom is -0.497 e. The molecule has 7 heteroatoms. The Morgan fingerprint density at radius 3 is 2.69 bits per heavy atom. The van der Waals surface area contributed by atoms with Crippen LogP contribution in [0.25, 0.3) is 16.6 Å². The lowest BCUT2D eigenvalue weighted by molar-refractivity contribution is 0.225. The maximum Gasteiger partial charge on any atom is 0.175 e. The Hall–Kier alpha value is -3.29. The van der Waals surface area contributed by atoms with Crippen molar-refractivity contribution in [2.24, 2.45) is 0 Å². The standard InChI is InChI=1S/C25H26N4O2S/c1-15(26-30)18-7-5-17(6-8-18)12-29-22-10-9-19(31-4)11-20(22)24-21-13-28(14-23(24)29)25(32)27(3)16(21)2/h5-11,21,26,30H,1-2,12-14H2,3-4H3. The predicted molar refractivity (Wildman–Crippen MR) is 131 cm³/mol.